The Bertz CT molecular complexity index is 413. The number of ether oxygens (including phenoxy) is 2. The molecular weight excluding hydrogens is 268 g/mol. The van der Waals surface area contributed by atoms with Crippen LogP contribution in [0.25, 0.3) is 0 Å². The summed E-state index contributed by atoms with van der Waals surface area (Å²) in [5.41, 5.74) is 6.73. The van der Waals surface area contributed by atoms with Crippen molar-refractivity contribution in [3.8, 4) is 0 Å². The molecule has 1 aromatic carbocycles. The van der Waals surface area contributed by atoms with Gasteiger partial charge in [0.25, 0.3) is 0 Å². The van der Waals surface area contributed by atoms with E-state index in [9.17, 15) is 4.79 Å². The van der Waals surface area contributed by atoms with Gasteiger partial charge >= 0.3 is 0 Å². The van der Waals surface area contributed by atoms with E-state index in [4.69, 9.17) is 26.8 Å². The molecule has 0 atom stereocenters. The second kappa shape index (κ2) is 8.74. The summed E-state index contributed by atoms with van der Waals surface area (Å²) in [5, 5.41) is 3.24. The van der Waals surface area contributed by atoms with E-state index in [1.165, 1.54) is 0 Å². The summed E-state index contributed by atoms with van der Waals surface area (Å²) < 4.78 is 10.4. The van der Waals surface area contributed by atoms with Gasteiger partial charge in [-0.1, -0.05) is 11.6 Å². The van der Waals surface area contributed by atoms with Gasteiger partial charge in [-0.05, 0) is 25.1 Å². The molecular formula is C13H19ClN2O3. The molecule has 5 nitrogen and oxygen atoms in total. The fraction of sp³-hybridized carbons (Fsp3) is 0.462. The Balaban J connectivity index is 2.23. The molecule has 0 aliphatic carbocycles. The number of nitrogens with two attached hydrogens (primary N) is 1. The van der Waals surface area contributed by atoms with E-state index in [2.05, 4.69) is 5.32 Å². The number of hydrogen-bond acceptors (Lipinski definition) is 4. The van der Waals surface area contributed by atoms with Crippen LogP contribution in [0.15, 0.2) is 18.2 Å². The Kier molecular flexibility index (Phi) is 7.25. The van der Waals surface area contributed by atoms with E-state index in [1.807, 2.05) is 6.92 Å². The number of halogens is 1. The maximum atomic E-state index is 11.6. The van der Waals surface area contributed by atoms with Gasteiger partial charge in [0, 0.05) is 11.6 Å². The number of hydrogen-bond donors (Lipinski definition) is 2. The largest absolute Gasteiger partial charge is 0.397 e. The van der Waals surface area contributed by atoms with Crippen molar-refractivity contribution >= 4 is 28.9 Å². The highest BCUT2D eigenvalue weighted by molar-refractivity contribution is 6.31. The highest BCUT2D eigenvalue weighted by atomic mass is 35.5. The van der Waals surface area contributed by atoms with Crippen LogP contribution in [0.1, 0.15) is 13.3 Å². The molecule has 0 aromatic heterocycles. The number of nitrogen functional groups attached to an aromatic ring is 1. The van der Waals surface area contributed by atoms with Crippen LogP contribution in [0, 0.1) is 0 Å². The van der Waals surface area contributed by atoms with Crippen LogP contribution in [0.5, 0.6) is 0 Å². The lowest BCUT2D eigenvalue weighted by molar-refractivity contribution is -0.117. The van der Waals surface area contributed by atoms with Gasteiger partial charge in [0.15, 0.2) is 0 Å². The fourth-order valence-electron chi connectivity index (χ4n) is 1.39. The lowest BCUT2D eigenvalue weighted by Crippen LogP contribution is -2.16. The lowest BCUT2D eigenvalue weighted by Gasteiger charge is -2.08. The number of carbonyl (C=O) groups excluding carboxylic acids is 1. The lowest BCUT2D eigenvalue weighted by atomic mass is 10.2. The summed E-state index contributed by atoms with van der Waals surface area (Å²) in [6.45, 7) is 3.97. The van der Waals surface area contributed by atoms with Crippen molar-refractivity contribution in [3.63, 3.8) is 0 Å². The van der Waals surface area contributed by atoms with E-state index in [-0.39, 0.29) is 12.3 Å². The average Bonchev–Trinajstić information content (AvgIpc) is 2.37. The highest BCUT2D eigenvalue weighted by Crippen LogP contribution is 2.22. The van der Waals surface area contributed by atoms with Crippen LogP contribution in [-0.2, 0) is 14.3 Å². The number of rotatable bonds is 8. The molecule has 0 bridgehead atoms. The van der Waals surface area contributed by atoms with Crippen LogP contribution >= 0.6 is 11.6 Å². The molecule has 1 aromatic rings. The zero-order chi connectivity index (χ0) is 14.1. The molecule has 0 fully saturated rings. The Morgan fingerprint density at radius 1 is 1.32 bits per heavy atom. The number of anilines is 2. The van der Waals surface area contributed by atoms with E-state index in [0.29, 0.717) is 42.8 Å². The first kappa shape index (κ1) is 15.8. The smallest absolute Gasteiger partial charge is 0.226 e. The van der Waals surface area contributed by atoms with Gasteiger partial charge in [-0.3, -0.25) is 4.79 Å². The van der Waals surface area contributed by atoms with Crippen molar-refractivity contribution in [2.45, 2.75) is 13.3 Å². The van der Waals surface area contributed by atoms with Crippen LogP contribution < -0.4 is 11.1 Å². The average molecular weight is 287 g/mol. The first-order chi connectivity index (χ1) is 9.13. The highest BCUT2D eigenvalue weighted by Gasteiger charge is 2.05. The number of benzene rings is 1. The Morgan fingerprint density at radius 3 is 2.74 bits per heavy atom. The molecule has 0 spiro atoms. The van der Waals surface area contributed by atoms with Crippen molar-refractivity contribution in [1.82, 2.24) is 0 Å². The standard InChI is InChI=1S/C13H19ClN2O3/c1-2-18-7-8-19-6-5-13(17)16-12-4-3-10(14)9-11(12)15/h3-4,9H,2,5-8,15H2,1H3,(H,16,17). The van der Waals surface area contributed by atoms with Crippen molar-refractivity contribution in [3.05, 3.63) is 23.2 Å². The molecule has 3 N–H and O–H groups in total. The summed E-state index contributed by atoms with van der Waals surface area (Å²) in [5.74, 6) is -0.148. The van der Waals surface area contributed by atoms with Crippen molar-refractivity contribution in [1.29, 1.82) is 0 Å². The maximum absolute atomic E-state index is 11.6. The van der Waals surface area contributed by atoms with E-state index < -0.39 is 0 Å². The van der Waals surface area contributed by atoms with Gasteiger partial charge in [0.05, 0.1) is 37.6 Å². The zero-order valence-corrected chi connectivity index (χ0v) is 11.7. The predicted molar refractivity (Wildman–Crippen MR) is 76.4 cm³/mol. The summed E-state index contributed by atoms with van der Waals surface area (Å²) in [7, 11) is 0. The van der Waals surface area contributed by atoms with Gasteiger partial charge in [-0.25, -0.2) is 0 Å². The van der Waals surface area contributed by atoms with Crippen molar-refractivity contribution in [2.24, 2.45) is 0 Å². The van der Waals surface area contributed by atoms with Crippen LogP contribution in [-0.4, -0.2) is 32.3 Å². The second-order valence-corrected chi connectivity index (χ2v) is 4.28. The molecule has 0 unspecified atom stereocenters. The number of amides is 1. The van der Waals surface area contributed by atoms with E-state index in [0.717, 1.165) is 0 Å². The van der Waals surface area contributed by atoms with E-state index >= 15 is 0 Å². The molecule has 6 heteroatoms. The first-order valence-corrected chi connectivity index (χ1v) is 6.51. The summed E-state index contributed by atoms with van der Waals surface area (Å²) >= 11 is 5.77. The minimum atomic E-state index is -0.148. The zero-order valence-electron chi connectivity index (χ0n) is 10.9. The number of nitrogens with one attached hydrogen (secondary N) is 1. The fourth-order valence-corrected chi connectivity index (χ4v) is 1.57. The Labute approximate surface area is 118 Å². The SMILES string of the molecule is CCOCCOCCC(=O)Nc1ccc(Cl)cc1N. The first-order valence-electron chi connectivity index (χ1n) is 6.14. The van der Waals surface area contributed by atoms with Crippen LogP contribution in [0.4, 0.5) is 11.4 Å². The van der Waals surface area contributed by atoms with Crippen LogP contribution in [0.2, 0.25) is 5.02 Å². The molecule has 19 heavy (non-hydrogen) atoms. The predicted octanol–water partition coefficient (Wildman–Crippen LogP) is 2.30. The third-order valence-electron chi connectivity index (χ3n) is 2.34. The van der Waals surface area contributed by atoms with Crippen molar-refractivity contribution < 1.29 is 14.3 Å². The summed E-state index contributed by atoms with van der Waals surface area (Å²) in [6.07, 6.45) is 0.272. The van der Waals surface area contributed by atoms with Gasteiger partial charge < -0.3 is 20.5 Å². The third-order valence-corrected chi connectivity index (χ3v) is 2.57. The summed E-state index contributed by atoms with van der Waals surface area (Å²) in [6, 6.07) is 4.94. The monoisotopic (exact) mass is 286 g/mol. The van der Waals surface area contributed by atoms with Crippen molar-refractivity contribution in [2.75, 3.05) is 37.5 Å². The molecule has 1 amide bonds. The minimum Gasteiger partial charge on any atom is -0.397 e. The Hall–Kier alpha value is -1.30. The summed E-state index contributed by atoms with van der Waals surface area (Å²) in [4.78, 5) is 11.6. The second-order valence-electron chi connectivity index (χ2n) is 3.84. The molecule has 106 valence electrons. The van der Waals surface area contributed by atoms with Crippen LogP contribution in [0.3, 0.4) is 0 Å². The molecule has 0 aliphatic heterocycles. The van der Waals surface area contributed by atoms with E-state index in [1.54, 1.807) is 18.2 Å². The van der Waals surface area contributed by atoms with Gasteiger partial charge in [0.2, 0.25) is 5.91 Å². The third kappa shape index (κ3) is 6.42. The quantitative estimate of drug-likeness (QED) is 0.568. The molecule has 1 rings (SSSR count). The Morgan fingerprint density at radius 2 is 2.05 bits per heavy atom. The molecule has 0 aliphatic rings. The maximum Gasteiger partial charge on any atom is 0.226 e. The van der Waals surface area contributed by atoms with Gasteiger partial charge in [-0.15, -0.1) is 0 Å². The molecule has 0 radical (unpaired) electrons. The molecule has 0 heterocycles. The number of carbonyl (C=O) groups is 1. The van der Waals surface area contributed by atoms with Gasteiger partial charge in [0.1, 0.15) is 0 Å². The van der Waals surface area contributed by atoms with Gasteiger partial charge in [-0.2, -0.15) is 0 Å². The molecule has 0 saturated heterocycles. The minimum absolute atomic E-state index is 0.148. The topological polar surface area (TPSA) is 73.6 Å². The normalized spacial score (nSPS) is 10.4. The molecule has 0 saturated carbocycles.